The van der Waals surface area contributed by atoms with E-state index in [0.29, 0.717) is 17.1 Å². The number of hydrogen-bond acceptors (Lipinski definition) is 4. The molecule has 3 rings (SSSR count). The maximum atomic E-state index is 11.3. The molecule has 4 N–H and O–H groups in total. The summed E-state index contributed by atoms with van der Waals surface area (Å²) < 4.78 is 5.35. The van der Waals surface area contributed by atoms with Crippen LogP contribution in [0.3, 0.4) is 0 Å². The second kappa shape index (κ2) is 5.61. The lowest BCUT2D eigenvalue weighted by molar-refractivity contribution is -0.118. The molecule has 0 aromatic heterocycles. The SMILES string of the molecule is Nc1cc2c(cc1NCC1CCCCC1)NC(=O)CO2. The number of ether oxygens (including phenoxy) is 1. The molecular weight excluding hydrogens is 254 g/mol. The van der Waals surface area contributed by atoms with Crippen LogP contribution in [-0.4, -0.2) is 19.1 Å². The monoisotopic (exact) mass is 275 g/mol. The normalized spacial score (nSPS) is 18.9. The van der Waals surface area contributed by atoms with E-state index in [1.54, 1.807) is 6.07 Å². The first-order chi connectivity index (χ1) is 9.72. The van der Waals surface area contributed by atoms with Gasteiger partial charge in [-0.25, -0.2) is 0 Å². The molecule has 1 aliphatic carbocycles. The van der Waals surface area contributed by atoms with Crippen molar-refractivity contribution in [2.24, 2.45) is 5.92 Å². The first kappa shape index (κ1) is 13.1. The highest BCUT2D eigenvalue weighted by atomic mass is 16.5. The number of carbonyl (C=O) groups excluding carboxylic acids is 1. The molecule has 0 bridgehead atoms. The summed E-state index contributed by atoms with van der Waals surface area (Å²) in [5.74, 6) is 1.25. The van der Waals surface area contributed by atoms with Gasteiger partial charge in [-0.3, -0.25) is 4.79 Å². The maximum Gasteiger partial charge on any atom is 0.262 e. The van der Waals surface area contributed by atoms with Crippen molar-refractivity contribution in [1.82, 2.24) is 0 Å². The highest BCUT2D eigenvalue weighted by molar-refractivity contribution is 5.97. The van der Waals surface area contributed by atoms with Crippen molar-refractivity contribution in [3.8, 4) is 5.75 Å². The molecule has 1 amide bonds. The van der Waals surface area contributed by atoms with Crippen LogP contribution in [0, 0.1) is 5.92 Å². The van der Waals surface area contributed by atoms with Gasteiger partial charge in [0.1, 0.15) is 5.75 Å². The summed E-state index contributed by atoms with van der Waals surface area (Å²) in [6.07, 6.45) is 6.60. The van der Waals surface area contributed by atoms with E-state index in [-0.39, 0.29) is 12.5 Å². The van der Waals surface area contributed by atoms with Crippen LogP contribution >= 0.6 is 0 Å². The lowest BCUT2D eigenvalue weighted by Crippen LogP contribution is -2.25. The van der Waals surface area contributed by atoms with E-state index >= 15 is 0 Å². The molecule has 1 heterocycles. The fraction of sp³-hybridized carbons (Fsp3) is 0.533. The van der Waals surface area contributed by atoms with Gasteiger partial charge < -0.3 is 21.1 Å². The van der Waals surface area contributed by atoms with E-state index in [2.05, 4.69) is 10.6 Å². The van der Waals surface area contributed by atoms with Crippen molar-refractivity contribution in [1.29, 1.82) is 0 Å². The van der Waals surface area contributed by atoms with Gasteiger partial charge in [-0.1, -0.05) is 19.3 Å². The van der Waals surface area contributed by atoms with Crippen LogP contribution in [-0.2, 0) is 4.79 Å². The molecule has 1 aromatic rings. The lowest BCUT2D eigenvalue weighted by atomic mass is 9.89. The Balaban J connectivity index is 1.69. The van der Waals surface area contributed by atoms with E-state index in [1.165, 1.54) is 32.1 Å². The van der Waals surface area contributed by atoms with E-state index in [1.807, 2.05) is 6.07 Å². The molecule has 5 nitrogen and oxygen atoms in total. The number of nitrogen functional groups attached to an aromatic ring is 1. The van der Waals surface area contributed by atoms with Crippen LogP contribution in [0.25, 0.3) is 0 Å². The van der Waals surface area contributed by atoms with Gasteiger partial charge in [-0.05, 0) is 24.8 Å². The van der Waals surface area contributed by atoms with E-state index in [4.69, 9.17) is 10.5 Å². The predicted octanol–water partition coefficient (Wildman–Crippen LogP) is 2.59. The van der Waals surface area contributed by atoms with Crippen LogP contribution in [0.2, 0.25) is 0 Å². The molecule has 0 radical (unpaired) electrons. The van der Waals surface area contributed by atoms with Gasteiger partial charge in [0, 0.05) is 12.6 Å². The third kappa shape index (κ3) is 2.81. The minimum atomic E-state index is -0.125. The number of anilines is 3. The number of benzene rings is 1. The van der Waals surface area contributed by atoms with Crippen LogP contribution in [0.5, 0.6) is 5.75 Å². The quantitative estimate of drug-likeness (QED) is 0.741. The van der Waals surface area contributed by atoms with Crippen molar-refractivity contribution in [3.05, 3.63) is 12.1 Å². The Bertz CT molecular complexity index is 510. The minimum absolute atomic E-state index is 0.0568. The zero-order chi connectivity index (χ0) is 13.9. The van der Waals surface area contributed by atoms with Gasteiger partial charge >= 0.3 is 0 Å². The zero-order valence-electron chi connectivity index (χ0n) is 11.6. The summed E-state index contributed by atoms with van der Waals surface area (Å²) in [4.78, 5) is 11.3. The topological polar surface area (TPSA) is 76.4 Å². The Morgan fingerprint density at radius 2 is 2.10 bits per heavy atom. The number of fused-ring (bicyclic) bond motifs is 1. The Kier molecular flexibility index (Phi) is 3.67. The Hall–Kier alpha value is -1.91. The molecule has 0 unspecified atom stereocenters. The number of amides is 1. The van der Waals surface area contributed by atoms with Crippen molar-refractivity contribution >= 4 is 23.0 Å². The molecule has 5 heteroatoms. The summed E-state index contributed by atoms with van der Waals surface area (Å²) in [5, 5.41) is 6.22. The highest BCUT2D eigenvalue weighted by Crippen LogP contribution is 2.35. The number of hydrogen-bond donors (Lipinski definition) is 3. The fourth-order valence-electron chi connectivity index (χ4n) is 2.94. The zero-order valence-corrected chi connectivity index (χ0v) is 11.6. The molecule has 0 spiro atoms. The van der Waals surface area contributed by atoms with E-state index < -0.39 is 0 Å². The third-order valence-corrected chi connectivity index (χ3v) is 4.09. The number of carbonyl (C=O) groups is 1. The van der Waals surface area contributed by atoms with Crippen molar-refractivity contribution in [2.45, 2.75) is 32.1 Å². The summed E-state index contributed by atoms with van der Waals surface area (Å²) >= 11 is 0. The largest absolute Gasteiger partial charge is 0.482 e. The second-order valence-corrected chi connectivity index (χ2v) is 5.66. The number of nitrogens with one attached hydrogen (secondary N) is 2. The fourth-order valence-corrected chi connectivity index (χ4v) is 2.94. The number of rotatable bonds is 3. The lowest BCUT2D eigenvalue weighted by Gasteiger charge is -2.24. The molecule has 1 aliphatic heterocycles. The van der Waals surface area contributed by atoms with Crippen LogP contribution in [0.4, 0.5) is 17.1 Å². The maximum absolute atomic E-state index is 11.3. The first-order valence-corrected chi connectivity index (χ1v) is 7.32. The smallest absolute Gasteiger partial charge is 0.262 e. The summed E-state index contributed by atoms with van der Waals surface area (Å²) in [6, 6.07) is 3.64. The third-order valence-electron chi connectivity index (χ3n) is 4.09. The summed E-state index contributed by atoms with van der Waals surface area (Å²) in [7, 11) is 0. The molecule has 1 fully saturated rings. The average Bonchev–Trinajstić information content (AvgIpc) is 2.46. The molecular formula is C15H21N3O2. The molecule has 20 heavy (non-hydrogen) atoms. The second-order valence-electron chi connectivity index (χ2n) is 5.66. The van der Waals surface area contributed by atoms with Crippen molar-refractivity contribution in [3.63, 3.8) is 0 Å². The predicted molar refractivity (Wildman–Crippen MR) is 80.0 cm³/mol. The average molecular weight is 275 g/mol. The van der Waals surface area contributed by atoms with Gasteiger partial charge in [0.05, 0.1) is 17.1 Å². The molecule has 0 atom stereocenters. The van der Waals surface area contributed by atoms with Gasteiger partial charge in [0.25, 0.3) is 5.91 Å². The van der Waals surface area contributed by atoms with Crippen LogP contribution < -0.4 is 21.1 Å². The standard InChI is InChI=1S/C15H21N3O2/c16-11-6-14-13(18-15(19)9-20-14)7-12(11)17-8-10-4-2-1-3-5-10/h6-7,10,17H,1-5,8-9,16H2,(H,18,19). The number of nitrogens with two attached hydrogens (primary N) is 1. The first-order valence-electron chi connectivity index (χ1n) is 7.32. The van der Waals surface area contributed by atoms with Gasteiger partial charge in [0.2, 0.25) is 0 Å². The summed E-state index contributed by atoms with van der Waals surface area (Å²) in [5.41, 5.74) is 8.27. The van der Waals surface area contributed by atoms with Crippen LogP contribution in [0.15, 0.2) is 12.1 Å². The molecule has 1 aromatic carbocycles. The Labute approximate surface area is 118 Å². The summed E-state index contributed by atoms with van der Waals surface area (Å²) in [6.45, 7) is 0.999. The van der Waals surface area contributed by atoms with E-state index in [9.17, 15) is 4.79 Å². The van der Waals surface area contributed by atoms with Gasteiger partial charge in [0.15, 0.2) is 6.61 Å². The van der Waals surface area contributed by atoms with Crippen molar-refractivity contribution < 1.29 is 9.53 Å². The highest BCUT2D eigenvalue weighted by Gasteiger charge is 2.19. The van der Waals surface area contributed by atoms with E-state index in [0.717, 1.165) is 18.2 Å². The molecule has 2 aliphatic rings. The van der Waals surface area contributed by atoms with Gasteiger partial charge in [-0.15, -0.1) is 0 Å². The molecule has 1 saturated carbocycles. The minimum Gasteiger partial charge on any atom is -0.482 e. The van der Waals surface area contributed by atoms with Gasteiger partial charge in [-0.2, -0.15) is 0 Å². The van der Waals surface area contributed by atoms with Crippen LogP contribution in [0.1, 0.15) is 32.1 Å². The Morgan fingerprint density at radius 1 is 1.30 bits per heavy atom. The Morgan fingerprint density at radius 3 is 2.90 bits per heavy atom. The van der Waals surface area contributed by atoms with Crippen molar-refractivity contribution in [2.75, 3.05) is 29.5 Å². The molecule has 0 saturated heterocycles. The molecule has 108 valence electrons.